The molecule has 0 aliphatic heterocycles. The SMILES string of the molecule is Cc1ccccc1Oc1nc2c(C)cccn2c(=O)c1/C=C(\C#N)C(=O)NC1CCCC1. The number of nitrogens with zero attached hydrogens (tertiary/aromatic N) is 3. The first-order chi connectivity index (χ1) is 15.5. The van der Waals surface area contributed by atoms with Crippen LogP contribution in [0, 0.1) is 25.2 Å². The van der Waals surface area contributed by atoms with Crippen molar-refractivity contribution in [1.82, 2.24) is 14.7 Å². The lowest BCUT2D eigenvalue weighted by Gasteiger charge is -2.13. The van der Waals surface area contributed by atoms with Crippen LogP contribution in [0.1, 0.15) is 42.4 Å². The van der Waals surface area contributed by atoms with Crippen LogP contribution in [0.15, 0.2) is 53.0 Å². The molecule has 4 rings (SSSR count). The van der Waals surface area contributed by atoms with Crippen LogP contribution in [0.25, 0.3) is 11.7 Å². The summed E-state index contributed by atoms with van der Waals surface area (Å²) in [7, 11) is 0. The molecule has 1 aliphatic carbocycles. The first kappa shape index (κ1) is 21.3. The fourth-order valence-corrected chi connectivity index (χ4v) is 3.89. The molecule has 1 N–H and O–H groups in total. The first-order valence-corrected chi connectivity index (χ1v) is 10.7. The summed E-state index contributed by atoms with van der Waals surface area (Å²) >= 11 is 0. The Morgan fingerprint density at radius 3 is 2.62 bits per heavy atom. The molecule has 7 heteroatoms. The predicted octanol–water partition coefficient (Wildman–Crippen LogP) is 4.07. The van der Waals surface area contributed by atoms with Crippen molar-refractivity contribution in [2.24, 2.45) is 0 Å². The minimum atomic E-state index is -0.491. The molecule has 0 atom stereocenters. The van der Waals surface area contributed by atoms with E-state index in [1.807, 2.05) is 44.2 Å². The van der Waals surface area contributed by atoms with Gasteiger partial charge in [0.15, 0.2) is 0 Å². The van der Waals surface area contributed by atoms with Gasteiger partial charge in [-0.2, -0.15) is 10.2 Å². The second-order valence-electron chi connectivity index (χ2n) is 8.01. The third-order valence-corrected chi connectivity index (χ3v) is 5.69. The molecule has 1 saturated carbocycles. The Balaban J connectivity index is 1.84. The Hall–Kier alpha value is -3.92. The molecule has 0 radical (unpaired) electrons. The number of pyridine rings is 1. The van der Waals surface area contributed by atoms with E-state index in [-0.39, 0.29) is 23.1 Å². The van der Waals surface area contributed by atoms with Crippen LogP contribution in [0.3, 0.4) is 0 Å². The Labute approximate surface area is 186 Å². The molecule has 162 valence electrons. The van der Waals surface area contributed by atoms with Gasteiger partial charge < -0.3 is 10.1 Å². The molecule has 0 spiro atoms. The molecule has 3 aromatic rings. The summed E-state index contributed by atoms with van der Waals surface area (Å²) in [5.41, 5.74) is 1.60. The average molecular weight is 428 g/mol. The van der Waals surface area contributed by atoms with Crippen LogP contribution >= 0.6 is 0 Å². The van der Waals surface area contributed by atoms with E-state index in [2.05, 4.69) is 10.3 Å². The molecule has 2 aromatic heterocycles. The van der Waals surface area contributed by atoms with Gasteiger partial charge in [-0.15, -0.1) is 0 Å². The van der Waals surface area contributed by atoms with E-state index < -0.39 is 11.5 Å². The van der Waals surface area contributed by atoms with E-state index in [9.17, 15) is 14.9 Å². The van der Waals surface area contributed by atoms with Crippen molar-refractivity contribution in [3.8, 4) is 17.7 Å². The van der Waals surface area contributed by atoms with E-state index in [1.165, 1.54) is 10.5 Å². The van der Waals surface area contributed by atoms with Crippen LogP contribution in [-0.4, -0.2) is 21.3 Å². The fourth-order valence-electron chi connectivity index (χ4n) is 3.89. The number of nitriles is 1. The number of para-hydroxylation sites is 1. The highest BCUT2D eigenvalue weighted by Gasteiger charge is 2.22. The lowest BCUT2D eigenvalue weighted by molar-refractivity contribution is -0.117. The van der Waals surface area contributed by atoms with Crippen molar-refractivity contribution in [2.75, 3.05) is 0 Å². The zero-order chi connectivity index (χ0) is 22.7. The molecule has 1 fully saturated rings. The highest BCUT2D eigenvalue weighted by atomic mass is 16.5. The third kappa shape index (κ3) is 4.26. The number of hydrogen-bond donors (Lipinski definition) is 1. The molecule has 1 amide bonds. The summed E-state index contributed by atoms with van der Waals surface area (Å²) in [6, 6.07) is 13.0. The number of aryl methyl sites for hydroxylation is 2. The molecule has 32 heavy (non-hydrogen) atoms. The Kier molecular flexibility index (Phi) is 6.04. The van der Waals surface area contributed by atoms with Gasteiger partial charge in [0.05, 0.1) is 0 Å². The van der Waals surface area contributed by atoms with E-state index in [4.69, 9.17) is 4.74 Å². The predicted molar refractivity (Wildman–Crippen MR) is 121 cm³/mol. The van der Waals surface area contributed by atoms with E-state index in [0.717, 1.165) is 36.8 Å². The fraction of sp³-hybridized carbons (Fsp3) is 0.280. The Bertz CT molecular complexity index is 1310. The van der Waals surface area contributed by atoms with Crippen LogP contribution < -0.4 is 15.6 Å². The topological polar surface area (TPSA) is 96.5 Å². The van der Waals surface area contributed by atoms with Gasteiger partial charge in [0.25, 0.3) is 11.5 Å². The van der Waals surface area contributed by atoms with Crippen molar-refractivity contribution >= 4 is 17.6 Å². The largest absolute Gasteiger partial charge is 0.438 e. The maximum Gasteiger partial charge on any atom is 0.269 e. The van der Waals surface area contributed by atoms with Gasteiger partial charge >= 0.3 is 0 Å². The maximum absolute atomic E-state index is 13.4. The van der Waals surface area contributed by atoms with Gasteiger partial charge in [-0.25, -0.2) is 0 Å². The summed E-state index contributed by atoms with van der Waals surface area (Å²) in [6.07, 6.45) is 6.79. The molecule has 7 nitrogen and oxygen atoms in total. The number of carbonyl (C=O) groups is 1. The van der Waals surface area contributed by atoms with Crippen LogP contribution in [-0.2, 0) is 4.79 Å². The zero-order valence-corrected chi connectivity index (χ0v) is 18.1. The van der Waals surface area contributed by atoms with Crippen LogP contribution in [0.5, 0.6) is 11.6 Å². The average Bonchev–Trinajstić information content (AvgIpc) is 3.29. The lowest BCUT2D eigenvalue weighted by Crippen LogP contribution is -2.33. The van der Waals surface area contributed by atoms with Crippen molar-refractivity contribution in [3.63, 3.8) is 0 Å². The molecule has 0 saturated heterocycles. The van der Waals surface area contributed by atoms with E-state index >= 15 is 0 Å². The van der Waals surface area contributed by atoms with Crippen molar-refractivity contribution < 1.29 is 9.53 Å². The normalized spacial score (nSPS) is 14.3. The van der Waals surface area contributed by atoms with Crippen molar-refractivity contribution in [3.05, 3.63) is 75.2 Å². The quantitative estimate of drug-likeness (QED) is 0.488. The number of benzene rings is 1. The molecule has 2 heterocycles. The van der Waals surface area contributed by atoms with Crippen LogP contribution in [0.2, 0.25) is 0 Å². The Morgan fingerprint density at radius 2 is 1.91 bits per heavy atom. The summed E-state index contributed by atoms with van der Waals surface area (Å²) in [6.45, 7) is 3.74. The maximum atomic E-state index is 13.4. The second-order valence-corrected chi connectivity index (χ2v) is 8.01. The van der Waals surface area contributed by atoms with Gasteiger partial charge in [0.2, 0.25) is 5.88 Å². The third-order valence-electron chi connectivity index (χ3n) is 5.69. The lowest BCUT2D eigenvalue weighted by atomic mass is 10.1. The molecule has 1 aromatic carbocycles. The minimum Gasteiger partial charge on any atom is -0.438 e. The zero-order valence-electron chi connectivity index (χ0n) is 18.1. The number of nitrogens with one attached hydrogen (secondary N) is 1. The number of amides is 1. The van der Waals surface area contributed by atoms with Crippen molar-refractivity contribution in [1.29, 1.82) is 5.26 Å². The smallest absolute Gasteiger partial charge is 0.269 e. The van der Waals surface area contributed by atoms with Gasteiger partial charge in [-0.05, 0) is 56.0 Å². The molecular weight excluding hydrogens is 404 g/mol. The number of fused-ring (bicyclic) bond motifs is 1. The van der Waals surface area contributed by atoms with E-state index in [0.29, 0.717) is 11.4 Å². The second kappa shape index (κ2) is 9.06. The highest BCUT2D eigenvalue weighted by molar-refractivity contribution is 6.02. The molecule has 0 bridgehead atoms. The van der Waals surface area contributed by atoms with Gasteiger partial charge in [0, 0.05) is 12.2 Å². The standard InChI is InChI=1S/C25H24N4O3/c1-16-8-3-6-12-21(16)32-24-20(25(31)29-13-7-9-17(2)22(29)28-24)14-18(15-26)23(30)27-19-10-4-5-11-19/h3,6-9,12-14,19H,4-5,10-11H2,1-2H3,(H,27,30)/b18-14+. The molecular formula is C25H24N4O3. The van der Waals surface area contributed by atoms with Gasteiger partial charge in [-0.1, -0.05) is 37.1 Å². The summed E-state index contributed by atoms with van der Waals surface area (Å²) < 4.78 is 7.43. The number of hydrogen-bond acceptors (Lipinski definition) is 5. The van der Waals surface area contributed by atoms with Gasteiger partial charge in [-0.3, -0.25) is 14.0 Å². The number of rotatable bonds is 5. The van der Waals surface area contributed by atoms with Crippen LogP contribution in [0.4, 0.5) is 0 Å². The molecule has 0 unspecified atom stereocenters. The number of aromatic nitrogens is 2. The monoisotopic (exact) mass is 428 g/mol. The summed E-state index contributed by atoms with van der Waals surface area (Å²) in [5.74, 6) is 0.107. The first-order valence-electron chi connectivity index (χ1n) is 10.7. The van der Waals surface area contributed by atoms with Crippen molar-refractivity contribution in [2.45, 2.75) is 45.6 Å². The Morgan fingerprint density at radius 1 is 1.19 bits per heavy atom. The molecule has 1 aliphatic rings. The van der Waals surface area contributed by atoms with Gasteiger partial charge in [0.1, 0.15) is 28.6 Å². The summed E-state index contributed by atoms with van der Waals surface area (Å²) in [5, 5.41) is 12.5. The number of carbonyl (C=O) groups excluding carboxylic acids is 1. The van der Waals surface area contributed by atoms with E-state index in [1.54, 1.807) is 18.3 Å². The summed E-state index contributed by atoms with van der Waals surface area (Å²) in [4.78, 5) is 30.6. The number of ether oxygens (including phenoxy) is 1. The minimum absolute atomic E-state index is 0.0504. The highest BCUT2D eigenvalue weighted by Crippen LogP contribution is 2.27.